The maximum atomic E-state index is 12.3. The molecule has 1 saturated heterocycles. The second-order valence-electron chi connectivity index (χ2n) is 7.41. The Bertz CT molecular complexity index is 827. The van der Waals surface area contributed by atoms with Gasteiger partial charge in [-0.05, 0) is 44.4 Å². The molecule has 1 amide bonds. The molecule has 1 aliphatic heterocycles. The highest BCUT2D eigenvalue weighted by Crippen LogP contribution is 2.20. The molecule has 1 aliphatic rings. The van der Waals surface area contributed by atoms with Crippen molar-refractivity contribution in [1.29, 1.82) is 0 Å². The summed E-state index contributed by atoms with van der Waals surface area (Å²) in [6.45, 7) is 7.26. The Morgan fingerprint density at radius 2 is 2.04 bits per heavy atom. The molecule has 27 heavy (non-hydrogen) atoms. The van der Waals surface area contributed by atoms with Gasteiger partial charge in [-0.25, -0.2) is 0 Å². The van der Waals surface area contributed by atoms with Crippen molar-refractivity contribution in [3.05, 3.63) is 56.1 Å². The lowest BCUT2D eigenvalue weighted by molar-refractivity contribution is -0.121. The van der Waals surface area contributed by atoms with Crippen molar-refractivity contribution in [2.24, 2.45) is 0 Å². The van der Waals surface area contributed by atoms with Crippen LogP contribution < -0.4 is 10.2 Å². The summed E-state index contributed by atoms with van der Waals surface area (Å²) >= 11 is 1.18. The minimum absolute atomic E-state index is 0.00120. The zero-order valence-corrected chi connectivity index (χ0v) is 17.1. The van der Waals surface area contributed by atoms with Gasteiger partial charge in [-0.3, -0.25) is 14.5 Å². The number of amides is 1. The Kier molecular flexibility index (Phi) is 6.85. The molecule has 2 aromatic rings. The summed E-state index contributed by atoms with van der Waals surface area (Å²) in [6.07, 6.45) is 4.18. The van der Waals surface area contributed by atoms with Crippen LogP contribution in [0, 0.1) is 6.92 Å². The fourth-order valence-corrected chi connectivity index (χ4v) is 4.43. The number of thiazole rings is 1. The van der Waals surface area contributed by atoms with E-state index in [0.717, 1.165) is 18.8 Å². The first-order chi connectivity index (χ1) is 13.0. The molecule has 1 atom stereocenters. The van der Waals surface area contributed by atoms with Crippen LogP contribution in [0.3, 0.4) is 0 Å². The number of rotatable bonds is 7. The summed E-state index contributed by atoms with van der Waals surface area (Å²) in [6, 6.07) is 8.97. The molecule has 1 unspecified atom stereocenters. The first kappa shape index (κ1) is 19.8. The summed E-state index contributed by atoms with van der Waals surface area (Å²) in [7, 11) is 0. The van der Waals surface area contributed by atoms with Crippen molar-refractivity contribution in [1.82, 2.24) is 14.8 Å². The van der Waals surface area contributed by atoms with Crippen LogP contribution in [-0.4, -0.2) is 28.0 Å². The van der Waals surface area contributed by atoms with Gasteiger partial charge in [0, 0.05) is 43.2 Å². The number of nitrogens with zero attached hydrogens (tertiary/aromatic N) is 2. The Morgan fingerprint density at radius 3 is 2.74 bits per heavy atom. The molecule has 1 N–H and O–H groups in total. The number of aromatic nitrogens is 1. The van der Waals surface area contributed by atoms with E-state index in [1.165, 1.54) is 41.7 Å². The topological polar surface area (TPSA) is 54.3 Å². The quantitative estimate of drug-likeness (QED) is 0.793. The van der Waals surface area contributed by atoms with Crippen LogP contribution >= 0.6 is 11.3 Å². The highest BCUT2D eigenvalue weighted by atomic mass is 32.1. The standard InChI is InChI=1S/C21H29N3O2S/c1-16-7-5-6-11-23(16)14-19-9-4-3-8-18(19)13-22-20(25)10-12-24-17(2)15-27-21(24)26/h3-4,8-9,15-16H,5-7,10-14H2,1-2H3,(H,22,25). The molecule has 1 aromatic carbocycles. The van der Waals surface area contributed by atoms with Crippen LogP contribution in [0.4, 0.5) is 0 Å². The second-order valence-corrected chi connectivity index (χ2v) is 8.23. The third kappa shape index (κ3) is 5.30. The van der Waals surface area contributed by atoms with Gasteiger partial charge in [-0.1, -0.05) is 42.0 Å². The Hall–Kier alpha value is -1.92. The smallest absolute Gasteiger partial charge is 0.307 e. The average molecular weight is 388 g/mol. The van der Waals surface area contributed by atoms with E-state index in [0.29, 0.717) is 25.6 Å². The van der Waals surface area contributed by atoms with Crippen LogP contribution in [0.5, 0.6) is 0 Å². The number of carbonyl (C=O) groups excluding carboxylic acids is 1. The van der Waals surface area contributed by atoms with Gasteiger partial charge in [-0.2, -0.15) is 0 Å². The molecule has 1 fully saturated rings. The molecule has 0 spiro atoms. The molecule has 1 aromatic heterocycles. The lowest BCUT2D eigenvalue weighted by Crippen LogP contribution is -2.37. The zero-order valence-electron chi connectivity index (χ0n) is 16.2. The molecule has 3 rings (SSSR count). The SMILES string of the molecule is Cc1csc(=O)n1CCC(=O)NCc1ccccc1CN1CCCCC1C. The van der Waals surface area contributed by atoms with Gasteiger partial charge in [0.05, 0.1) is 0 Å². The van der Waals surface area contributed by atoms with E-state index in [4.69, 9.17) is 0 Å². The largest absolute Gasteiger partial charge is 0.352 e. The van der Waals surface area contributed by atoms with E-state index in [1.54, 1.807) is 4.57 Å². The molecule has 5 nitrogen and oxygen atoms in total. The zero-order chi connectivity index (χ0) is 19.2. The van der Waals surface area contributed by atoms with Gasteiger partial charge in [0.25, 0.3) is 0 Å². The maximum Gasteiger partial charge on any atom is 0.307 e. The highest BCUT2D eigenvalue weighted by Gasteiger charge is 2.19. The molecule has 0 radical (unpaired) electrons. The molecule has 6 heteroatoms. The van der Waals surface area contributed by atoms with Crippen molar-refractivity contribution in [2.75, 3.05) is 6.54 Å². The maximum absolute atomic E-state index is 12.3. The first-order valence-corrected chi connectivity index (χ1v) is 10.6. The van der Waals surface area contributed by atoms with Crippen molar-refractivity contribution >= 4 is 17.2 Å². The normalized spacial score (nSPS) is 17.8. The predicted octanol–water partition coefficient (Wildman–Crippen LogP) is 3.30. The molecule has 146 valence electrons. The van der Waals surface area contributed by atoms with Crippen molar-refractivity contribution in [2.45, 2.75) is 65.2 Å². The summed E-state index contributed by atoms with van der Waals surface area (Å²) in [4.78, 5) is 26.5. The number of benzene rings is 1. The summed E-state index contributed by atoms with van der Waals surface area (Å²) in [5, 5.41) is 4.85. The van der Waals surface area contributed by atoms with E-state index in [-0.39, 0.29) is 10.8 Å². The Balaban J connectivity index is 1.54. The Morgan fingerprint density at radius 1 is 1.26 bits per heavy atom. The molecular formula is C21H29N3O2S. The number of aryl methyl sites for hydroxylation is 1. The lowest BCUT2D eigenvalue weighted by atomic mass is 10.0. The number of carbonyl (C=O) groups is 1. The highest BCUT2D eigenvalue weighted by molar-refractivity contribution is 7.07. The molecule has 0 saturated carbocycles. The van der Waals surface area contributed by atoms with E-state index in [1.807, 2.05) is 18.4 Å². The second kappa shape index (κ2) is 9.33. The summed E-state index contributed by atoms with van der Waals surface area (Å²) < 4.78 is 1.66. The van der Waals surface area contributed by atoms with Crippen LogP contribution in [0.2, 0.25) is 0 Å². The third-order valence-corrected chi connectivity index (χ3v) is 6.33. The summed E-state index contributed by atoms with van der Waals surface area (Å²) in [5.41, 5.74) is 3.38. The number of hydrogen-bond acceptors (Lipinski definition) is 4. The lowest BCUT2D eigenvalue weighted by Gasteiger charge is -2.33. The average Bonchev–Trinajstić information content (AvgIpc) is 2.99. The summed E-state index contributed by atoms with van der Waals surface area (Å²) in [5.74, 6) is -0.0198. The molecule has 0 bridgehead atoms. The van der Waals surface area contributed by atoms with E-state index < -0.39 is 0 Å². The number of piperidine rings is 1. The van der Waals surface area contributed by atoms with Crippen molar-refractivity contribution < 1.29 is 4.79 Å². The van der Waals surface area contributed by atoms with Gasteiger partial charge in [0.1, 0.15) is 0 Å². The van der Waals surface area contributed by atoms with Crippen LogP contribution in [0.1, 0.15) is 49.4 Å². The predicted molar refractivity (Wildman–Crippen MR) is 110 cm³/mol. The number of hydrogen-bond donors (Lipinski definition) is 1. The Labute approximate surface area is 165 Å². The minimum atomic E-state index is -0.0198. The fraction of sp³-hybridized carbons (Fsp3) is 0.524. The molecule has 2 heterocycles. The fourth-order valence-electron chi connectivity index (χ4n) is 3.67. The van der Waals surface area contributed by atoms with Crippen LogP contribution in [0.25, 0.3) is 0 Å². The van der Waals surface area contributed by atoms with Crippen molar-refractivity contribution in [3.63, 3.8) is 0 Å². The minimum Gasteiger partial charge on any atom is -0.352 e. The van der Waals surface area contributed by atoms with Crippen molar-refractivity contribution in [3.8, 4) is 0 Å². The number of likely N-dealkylation sites (tertiary alicyclic amines) is 1. The van der Waals surface area contributed by atoms with E-state index >= 15 is 0 Å². The van der Waals surface area contributed by atoms with Gasteiger partial charge in [-0.15, -0.1) is 0 Å². The molecular weight excluding hydrogens is 358 g/mol. The van der Waals surface area contributed by atoms with Crippen LogP contribution in [-0.2, 0) is 24.4 Å². The number of nitrogens with one attached hydrogen (secondary N) is 1. The van der Waals surface area contributed by atoms with Gasteiger partial charge >= 0.3 is 4.87 Å². The van der Waals surface area contributed by atoms with E-state index in [9.17, 15) is 9.59 Å². The molecule has 0 aliphatic carbocycles. The van der Waals surface area contributed by atoms with Gasteiger partial charge < -0.3 is 9.88 Å². The van der Waals surface area contributed by atoms with Gasteiger partial charge in [0.15, 0.2) is 0 Å². The van der Waals surface area contributed by atoms with Crippen LogP contribution in [0.15, 0.2) is 34.4 Å². The monoisotopic (exact) mass is 387 g/mol. The third-order valence-electron chi connectivity index (χ3n) is 5.45. The first-order valence-electron chi connectivity index (χ1n) is 9.77. The van der Waals surface area contributed by atoms with E-state index in [2.05, 4.69) is 35.3 Å². The van der Waals surface area contributed by atoms with Gasteiger partial charge in [0.2, 0.25) is 5.91 Å².